The number of nitrogens with one attached hydrogen (secondary N) is 1. The van der Waals surface area contributed by atoms with Gasteiger partial charge < -0.3 is 10.8 Å². The maximum atomic E-state index is 12.1. The fourth-order valence-corrected chi connectivity index (χ4v) is 3.00. The zero-order chi connectivity index (χ0) is 14.7. The van der Waals surface area contributed by atoms with E-state index in [0.717, 1.165) is 5.56 Å². The summed E-state index contributed by atoms with van der Waals surface area (Å²) < 4.78 is 26.7. The standard InChI is InChI=1S/C13H22N2O3S/c1-4-13(16,5-2)9-15-19(17,18)12-7-10(3)6-11(14)8-12/h6-8,15-16H,4-5,9,14H2,1-3H3. The van der Waals surface area contributed by atoms with Crippen molar-refractivity contribution in [2.75, 3.05) is 12.3 Å². The maximum absolute atomic E-state index is 12.1. The second-order valence-corrected chi connectivity index (χ2v) is 6.60. The Balaban J connectivity index is 2.93. The van der Waals surface area contributed by atoms with Crippen molar-refractivity contribution in [3.63, 3.8) is 0 Å². The number of benzene rings is 1. The van der Waals surface area contributed by atoms with Crippen LogP contribution < -0.4 is 10.5 Å². The first-order valence-electron chi connectivity index (χ1n) is 6.31. The van der Waals surface area contributed by atoms with Crippen LogP contribution in [0.3, 0.4) is 0 Å². The van der Waals surface area contributed by atoms with Gasteiger partial charge in [-0.2, -0.15) is 0 Å². The Labute approximate surface area is 114 Å². The molecule has 19 heavy (non-hydrogen) atoms. The maximum Gasteiger partial charge on any atom is 0.240 e. The third-order valence-electron chi connectivity index (χ3n) is 3.29. The van der Waals surface area contributed by atoms with Crippen molar-refractivity contribution >= 4 is 15.7 Å². The van der Waals surface area contributed by atoms with Crippen molar-refractivity contribution in [2.45, 2.75) is 44.1 Å². The van der Waals surface area contributed by atoms with E-state index in [0.29, 0.717) is 18.5 Å². The molecule has 0 saturated carbocycles. The van der Waals surface area contributed by atoms with Crippen LogP contribution in [0, 0.1) is 6.92 Å². The van der Waals surface area contributed by atoms with E-state index >= 15 is 0 Å². The Morgan fingerprint density at radius 3 is 2.32 bits per heavy atom. The van der Waals surface area contributed by atoms with E-state index in [1.807, 2.05) is 13.8 Å². The van der Waals surface area contributed by atoms with Gasteiger partial charge in [0.25, 0.3) is 0 Å². The third kappa shape index (κ3) is 4.19. The van der Waals surface area contributed by atoms with Gasteiger partial charge in [-0.25, -0.2) is 13.1 Å². The van der Waals surface area contributed by atoms with Crippen LogP contribution in [0.4, 0.5) is 5.69 Å². The second-order valence-electron chi connectivity index (χ2n) is 4.84. The van der Waals surface area contributed by atoms with Crippen molar-refractivity contribution in [3.05, 3.63) is 23.8 Å². The van der Waals surface area contributed by atoms with Crippen LogP contribution in [-0.4, -0.2) is 25.7 Å². The van der Waals surface area contributed by atoms with Crippen LogP contribution in [0.2, 0.25) is 0 Å². The number of rotatable bonds is 6. The lowest BCUT2D eigenvalue weighted by Crippen LogP contribution is -2.42. The monoisotopic (exact) mass is 286 g/mol. The highest BCUT2D eigenvalue weighted by Gasteiger charge is 2.25. The average molecular weight is 286 g/mol. The highest BCUT2D eigenvalue weighted by molar-refractivity contribution is 7.89. The second kappa shape index (κ2) is 5.90. The lowest BCUT2D eigenvalue weighted by molar-refractivity contribution is 0.0377. The number of aliphatic hydroxyl groups is 1. The summed E-state index contributed by atoms with van der Waals surface area (Å²) in [5, 5.41) is 10.1. The van der Waals surface area contributed by atoms with E-state index in [4.69, 9.17) is 5.73 Å². The van der Waals surface area contributed by atoms with E-state index in [1.54, 1.807) is 19.1 Å². The first kappa shape index (κ1) is 15.9. The molecule has 0 aliphatic carbocycles. The van der Waals surface area contributed by atoms with E-state index in [1.165, 1.54) is 6.07 Å². The SMILES string of the molecule is CCC(O)(CC)CNS(=O)(=O)c1cc(C)cc(N)c1. The fourth-order valence-electron chi connectivity index (χ4n) is 1.74. The Morgan fingerprint density at radius 2 is 1.84 bits per heavy atom. The Hall–Kier alpha value is -1.11. The molecular weight excluding hydrogens is 264 g/mol. The Bertz CT molecular complexity index is 517. The van der Waals surface area contributed by atoms with Crippen LogP contribution in [0.15, 0.2) is 23.1 Å². The predicted octanol–water partition coefficient (Wildman–Crippen LogP) is 1.41. The molecule has 0 spiro atoms. The lowest BCUT2D eigenvalue weighted by Gasteiger charge is -2.25. The summed E-state index contributed by atoms with van der Waals surface area (Å²) in [5.74, 6) is 0. The minimum Gasteiger partial charge on any atom is -0.399 e. The van der Waals surface area contributed by atoms with Gasteiger partial charge in [0.2, 0.25) is 10.0 Å². The molecule has 4 N–H and O–H groups in total. The summed E-state index contributed by atoms with van der Waals surface area (Å²) in [6, 6.07) is 4.66. The molecule has 0 heterocycles. The molecule has 1 rings (SSSR count). The van der Waals surface area contributed by atoms with Gasteiger partial charge in [-0.3, -0.25) is 0 Å². The zero-order valence-corrected chi connectivity index (χ0v) is 12.4. The first-order valence-corrected chi connectivity index (χ1v) is 7.80. The van der Waals surface area contributed by atoms with Gasteiger partial charge in [0.05, 0.1) is 10.5 Å². The molecule has 0 saturated heterocycles. The summed E-state index contributed by atoms with van der Waals surface area (Å²) in [7, 11) is -3.65. The zero-order valence-electron chi connectivity index (χ0n) is 11.6. The molecule has 0 amide bonds. The Kier molecular flexibility index (Phi) is 4.95. The van der Waals surface area contributed by atoms with Gasteiger partial charge >= 0.3 is 0 Å². The van der Waals surface area contributed by atoms with Crippen molar-refractivity contribution in [2.24, 2.45) is 0 Å². The van der Waals surface area contributed by atoms with Crippen LogP contribution >= 0.6 is 0 Å². The molecule has 0 aliphatic heterocycles. The van der Waals surface area contributed by atoms with Gasteiger partial charge in [0.1, 0.15) is 0 Å². The molecule has 0 radical (unpaired) electrons. The summed E-state index contributed by atoms with van der Waals surface area (Å²) in [6.07, 6.45) is 0.976. The highest BCUT2D eigenvalue weighted by atomic mass is 32.2. The number of hydrogen-bond donors (Lipinski definition) is 3. The molecule has 0 atom stereocenters. The summed E-state index contributed by atoms with van der Waals surface area (Å²) in [5.41, 5.74) is 5.82. The predicted molar refractivity (Wildman–Crippen MR) is 76.3 cm³/mol. The lowest BCUT2D eigenvalue weighted by atomic mass is 9.98. The van der Waals surface area contributed by atoms with Crippen molar-refractivity contribution in [1.82, 2.24) is 4.72 Å². The van der Waals surface area contributed by atoms with Crippen LogP contribution in [0.1, 0.15) is 32.3 Å². The van der Waals surface area contributed by atoms with Crippen LogP contribution in [0.25, 0.3) is 0 Å². The Morgan fingerprint density at radius 1 is 1.26 bits per heavy atom. The highest BCUT2D eigenvalue weighted by Crippen LogP contribution is 2.18. The van der Waals surface area contributed by atoms with Crippen LogP contribution in [0.5, 0.6) is 0 Å². The molecular formula is C13H22N2O3S. The molecule has 0 fully saturated rings. The van der Waals surface area contributed by atoms with E-state index in [-0.39, 0.29) is 11.4 Å². The van der Waals surface area contributed by atoms with Crippen molar-refractivity contribution in [3.8, 4) is 0 Å². The number of anilines is 1. The molecule has 0 aliphatic rings. The quantitative estimate of drug-likeness (QED) is 0.689. The molecule has 0 unspecified atom stereocenters. The largest absolute Gasteiger partial charge is 0.399 e. The smallest absolute Gasteiger partial charge is 0.240 e. The molecule has 1 aromatic rings. The van der Waals surface area contributed by atoms with Crippen LogP contribution in [-0.2, 0) is 10.0 Å². The van der Waals surface area contributed by atoms with Gasteiger partial charge in [-0.15, -0.1) is 0 Å². The summed E-state index contributed by atoms with van der Waals surface area (Å²) in [6.45, 7) is 5.42. The van der Waals surface area contributed by atoms with Gasteiger partial charge in [0, 0.05) is 12.2 Å². The normalized spacial score (nSPS) is 12.6. The van der Waals surface area contributed by atoms with E-state index < -0.39 is 15.6 Å². The van der Waals surface area contributed by atoms with Crippen molar-refractivity contribution in [1.29, 1.82) is 0 Å². The molecule has 0 bridgehead atoms. The fraction of sp³-hybridized carbons (Fsp3) is 0.538. The number of aryl methyl sites for hydroxylation is 1. The minimum atomic E-state index is -3.65. The molecule has 0 aromatic heterocycles. The molecule has 6 heteroatoms. The van der Waals surface area contributed by atoms with Gasteiger partial charge in [0.15, 0.2) is 0 Å². The third-order valence-corrected chi connectivity index (χ3v) is 4.67. The number of hydrogen-bond acceptors (Lipinski definition) is 4. The topological polar surface area (TPSA) is 92.4 Å². The first-order chi connectivity index (χ1) is 8.72. The van der Waals surface area contributed by atoms with Crippen molar-refractivity contribution < 1.29 is 13.5 Å². The molecule has 1 aromatic carbocycles. The summed E-state index contributed by atoms with van der Waals surface area (Å²) in [4.78, 5) is 0.125. The number of nitrogens with two attached hydrogens (primary N) is 1. The number of sulfonamides is 1. The summed E-state index contributed by atoms with van der Waals surface area (Å²) >= 11 is 0. The molecule has 5 nitrogen and oxygen atoms in total. The molecule has 108 valence electrons. The van der Waals surface area contributed by atoms with Gasteiger partial charge in [-0.05, 0) is 43.5 Å². The van der Waals surface area contributed by atoms with E-state index in [9.17, 15) is 13.5 Å². The minimum absolute atomic E-state index is 0.00379. The number of nitrogen functional groups attached to an aromatic ring is 1. The van der Waals surface area contributed by atoms with E-state index in [2.05, 4.69) is 4.72 Å². The van der Waals surface area contributed by atoms with Gasteiger partial charge in [-0.1, -0.05) is 13.8 Å². The average Bonchev–Trinajstić information content (AvgIpc) is 2.35.